The van der Waals surface area contributed by atoms with E-state index in [4.69, 9.17) is 4.74 Å². The Hall–Kier alpha value is -2.29. The summed E-state index contributed by atoms with van der Waals surface area (Å²) in [4.78, 5) is 14.1. The molecule has 0 N–H and O–H groups in total. The Kier molecular flexibility index (Phi) is 5.59. The van der Waals surface area contributed by atoms with E-state index in [-0.39, 0.29) is 12.5 Å². The first-order valence-corrected chi connectivity index (χ1v) is 7.61. The minimum absolute atomic E-state index is 0.00510. The van der Waals surface area contributed by atoms with Gasteiger partial charge in [0.25, 0.3) is 5.91 Å². The number of hydrogen-bond acceptors (Lipinski definition) is 2. The number of amides is 1. The van der Waals surface area contributed by atoms with Crippen LogP contribution in [0.3, 0.4) is 0 Å². The van der Waals surface area contributed by atoms with Gasteiger partial charge in [-0.05, 0) is 49.6 Å². The minimum Gasteiger partial charge on any atom is -0.484 e. The Labute approximate surface area is 132 Å². The minimum atomic E-state index is 0.00510. The van der Waals surface area contributed by atoms with Crippen LogP contribution in [0.1, 0.15) is 23.6 Å². The molecule has 2 aromatic carbocycles. The maximum Gasteiger partial charge on any atom is 0.260 e. The Morgan fingerprint density at radius 2 is 1.68 bits per heavy atom. The highest BCUT2D eigenvalue weighted by Gasteiger charge is 2.13. The van der Waals surface area contributed by atoms with Crippen molar-refractivity contribution in [2.45, 2.75) is 27.3 Å². The van der Waals surface area contributed by atoms with E-state index in [1.165, 1.54) is 0 Å². The fraction of sp³-hybridized carbons (Fsp3) is 0.316. The Balaban J connectivity index is 1.94. The number of carbonyl (C=O) groups excluding carboxylic acids is 1. The molecule has 2 rings (SSSR count). The second kappa shape index (κ2) is 7.64. The Morgan fingerprint density at radius 1 is 1.05 bits per heavy atom. The normalized spacial score (nSPS) is 10.3. The van der Waals surface area contributed by atoms with E-state index in [9.17, 15) is 4.79 Å². The molecule has 0 aliphatic carbocycles. The lowest BCUT2D eigenvalue weighted by Crippen LogP contribution is -2.34. The molecule has 0 fully saturated rings. The number of carbonyl (C=O) groups is 1. The zero-order valence-electron chi connectivity index (χ0n) is 13.5. The Morgan fingerprint density at radius 3 is 2.27 bits per heavy atom. The van der Waals surface area contributed by atoms with E-state index in [2.05, 4.69) is 6.07 Å². The highest BCUT2D eigenvalue weighted by molar-refractivity contribution is 5.77. The van der Waals surface area contributed by atoms with Gasteiger partial charge in [-0.15, -0.1) is 0 Å². The molecule has 22 heavy (non-hydrogen) atoms. The second-order valence-electron chi connectivity index (χ2n) is 5.51. The van der Waals surface area contributed by atoms with Crippen LogP contribution in [0, 0.1) is 13.8 Å². The van der Waals surface area contributed by atoms with Gasteiger partial charge in [0.2, 0.25) is 0 Å². The summed E-state index contributed by atoms with van der Waals surface area (Å²) < 4.78 is 5.66. The molecule has 0 saturated carbocycles. The van der Waals surface area contributed by atoms with Crippen LogP contribution >= 0.6 is 0 Å². The van der Waals surface area contributed by atoms with Crippen LogP contribution in [-0.4, -0.2) is 24.0 Å². The largest absolute Gasteiger partial charge is 0.484 e. The smallest absolute Gasteiger partial charge is 0.260 e. The van der Waals surface area contributed by atoms with Gasteiger partial charge in [-0.1, -0.05) is 36.4 Å². The molecule has 0 spiro atoms. The van der Waals surface area contributed by atoms with Crippen LogP contribution in [0.5, 0.6) is 5.75 Å². The third-order valence-electron chi connectivity index (χ3n) is 3.51. The average molecular weight is 297 g/mol. The van der Waals surface area contributed by atoms with Crippen molar-refractivity contribution in [3.8, 4) is 5.75 Å². The molecular weight excluding hydrogens is 274 g/mol. The molecule has 0 aliphatic rings. The third-order valence-corrected chi connectivity index (χ3v) is 3.51. The fourth-order valence-corrected chi connectivity index (χ4v) is 2.43. The SMILES string of the molecule is CCN(Cc1ccccc1)C(=O)COc1cc(C)cc(C)c1. The lowest BCUT2D eigenvalue weighted by Gasteiger charge is -2.21. The van der Waals surface area contributed by atoms with Gasteiger partial charge in [-0.2, -0.15) is 0 Å². The fourth-order valence-electron chi connectivity index (χ4n) is 2.43. The van der Waals surface area contributed by atoms with E-state index >= 15 is 0 Å². The van der Waals surface area contributed by atoms with Crippen LogP contribution in [0.2, 0.25) is 0 Å². The predicted octanol–water partition coefficient (Wildman–Crippen LogP) is 3.73. The third kappa shape index (κ3) is 4.62. The van der Waals surface area contributed by atoms with E-state index in [0.717, 1.165) is 22.4 Å². The van der Waals surface area contributed by atoms with E-state index in [0.29, 0.717) is 13.1 Å². The number of nitrogens with zero attached hydrogens (tertiary/aromatic N) is 1. The summed E-state index contributed by atoms with van der Waals surface area (Å²) in [6.07, 6.45) is 0. The monoisotopic (exact) mass is 297 g/mol. The first-order chi connectivity index (χ1) is 10.6. The molecule has 0 bridgehead atoms. The standard InChI is InChI=1S/C19H23NO2/c1-4-20(13-17-8-6-5-7-9-17)19(21)14-22-18-11-15(2)10-16(3)12-18/h5-12H,4,13-14H2,1-3H3. The molecule has 0 radical (unpaired) electrons. The van der Waals surface area contributed by atoms with Crippen LogP contribution in [0.4, 0.5) is 0 Å². The van der Waals surface area contributed by atoms with Crippen molar-refractivity contribution in [3.63, 3.8) is 0 Å². The van der Waals surface area contributed by atoms with Crippen molar-refractivity contribution >= 4 is 5.91 Å². The van der Waals surface area contributed by atoms with Crippen LogP contribution in [0.15, 0.2) is 48.5 Å². The van der Waals surface area contributed by atoms with Crippen LogP contribution in [0.25, 0.3) is 0 Å². The topological polar surface area (TPSA) is 29.5 Å². The van der Waals surface area contributed by atoms with E-state index in [1.54, 1.807) is 4.90 Å². The molecule has 0 saturated heterocycles. The van der Waals surface area contributed by atoms with Crippen LogP contribution in [-0.2, 0) is 11.3 Å². The van der Waals surface area contributed by atoms with E-state index in [1.807, 2.05) is 63.2 Å². The molecule has 0 aromatic heterocycles. The van der Waals surface area contributed by atoms with Crippen molar-refractivity contribution in [2.75, 3.05) is 13.2 Å². The number of benzene rings is 2. The summed E-state index contributed by atoms with van der Waals surface area (Å²) in [5, 5.41) is 0. The number of ether oxygens (including phenoxy) is 1. The second-order valence-corrected chi connectivity index (χ2v) is 5.51. The number of rotatable bonds is 6. The maximum atomic E-state index is 12.3. The van der Waals surface area contributed by atoms with Crippen molar-refractivity contribution in [1.82, 2.24) is 4.90 Å². The van der Waals surface area contributed by atoms with Gasteiger partial charge in [0.1, 0.15) is 5.75 Å². The van der Waals surface area contributed by atoms with Gasteiger partial charge in [-0.25, -0.2) is 0 Å². The number of hydrogen-bond donors (Lipinski definition) is 0. The lowest BCUT2D eigenvalue weighted by atomic mass is 10.1. The van der Waals surface area contributed by atoms with Gasteiger partial charge in [0.05, 0.1) is 0 Å². The first-order valence-electron chi connectivity index (χ1n) is 7.61. The average Bonchev–Trinajstić information content (AvgIpc) is 2.50. The van der Waals surface area contributed by atoms with Crippen molar-refractivity contribution < 1.29 is 9.53 Å². The zero-order chi connectivity index (χ0) is 15.9. The summed E-state index contributed by atoms with van der Waals surface area (Å²) in [6, 6.07) is 16.0. The molecule has 0 atom stereocenters. The highest BCUT2D eigenvalue weighted by Crippen LogP contribution is 2.16. The summed E-state index contributed by atoms with van der Waals surface area (Å²) in [5.74, 6) is 0.757. The molecule has 3 nitrogen and oxygen atoms in total. The van der Waals surface area contributed by atoms with Gasteiger partial charge in [0.15, 0.2) is 6.61 Å². The quantitative estimate of drug-likeness (QED) is 0.813. The molecular formula is C19H23NO2. The van der Waals surface area contributed by atoms with Crippen molar-refractivity contribution in [2.24, 2.45) is 0 Å². The molecule has 0 aliphatic heterocycles. The highest BCUT2D eigenvalue weighted by atomic mass is 16.5. The summed E-state index contributed by atoms with van der Waals surface area (Å²) >= 11 is 0. The molecule has 1 amide bonds. The molecule has 3 heteroatoms. The van der Waals surface area contributed by atoms with E-state index < -0.39 is 0 Å². The molecule has 0 unspecified atom stereocenters. The van der Waals surface area contributed by atoms with Gasteiger partial charge in [-0.3, -0.25) is 4.79 Å². The van der Waals surface area contributed by atoms with Gasteiger partial charge < -0.3 is 9.64 Å². The predicted molar refractivity (Wildman–Crippen MR) is 88.9 cm³/mol. The maximum absolute atomic E-state index is 12.3. The Bertz CT molecular complexity index is 602. The molecule has 0 heterocycles. The molecule has 2 aromatic rings. The lowest BCUT2D eigenvalue weighted by molar-refractivity contribution is -0.133. The number of likely N-dealkylation sites (N-methyl/N-ethyl adjacent to an activating group) is 1. The summed E-state index contributed by atoms with van der Waals surface area (Å²) in [6.45, 7) is 7.39. The van der Waals surface area contributed by atoms with Gasteiger partial charge >= 0.3 is 0 Å². The first kappa shape index (κ1) is 16.1. The van der Waals surface area contributed by atoms with Crippen molar-refractivity contribution in [1.29, 1.82) is 0 Å². The van der Waals surface area contributed by atoms with Crippen LogP contribution < -0.4 is 4.74 Å². The van der Waals surface area contributed by atoms with Crippen molar-refractivity contribution in [3.05, 3.63) is 65.2 Å². The zero-order valence-corrected chi connectivity index (χ0v) is 13.5. The summed E-state index contributed by atoms with van der Waals surface area (Å²) in [7, 11) is 0. The van der Waals surface area contributed by atoms with Gasteiger partial charge in [0, 0.05) is 13.1 Å². The molecule has 116 valence electrons. The number of aryl methyl sites for hydroxylation is 2. The summed E-state index contributed by atoms with van der Waals surface area (Å²) in [5.41, 5.74) is 3.40.